The second-order valence-electron chi connectivity index (χ2n) is 3.32. The number of nitrogens with two attached hydrogens (primary N) is 1. The van der Waals surface area contributed by atoms with Crippen molar-refractivity contribution in [2.75, 3.05) is 13.6 Å². The Bertz CT molecular complexity index is 192. The second-order valence-corrected chi connectivity index (χ2v) is 3.32. The molecule has 1 atom stereocenters. The maximum atomic E-state index is 11.1. The third-order valence-electron chi connectivity index (χ3n) is 1.79. The van der Waals surface area contributed by atoms with Crippen LogP contribution in [-0.4, -0.2) is 31.4 Å². The van der Waals surface area contributed by atoms with E-state index in [0.29, 0.717) is 6.42 Å². The molecule has 0 aliphatic heterocycles. The monoisotopic (exact) mass is 201 g/mol. The molecule has 0 aromatic heterocycles. The third kappa shape index (κ3) is 7.54. The van der Waals surface area contributed by atoms with Crippen molar-refractivity contribution >= 4 is 11.8 Å². The van der Waals surface area contributed by atoms with Crippen LogP contribution >= 0.6 is 0 Å². The minimum atomic E-state index is -0.189. The van der Waals surface area contributed by atoms with Gasteiger partial charge in [-0.3, -0.25) is 9.59 Å². The predicted octanol–water partition coefficient (Wildman–Crippen LogP) is -0.634. The van der Waals surface area contributed by atoms with Gasteiger partial charge < -0.3 is 16.4 Å². The first-order valence-corrected chi connectivity index (χ1v) is 4.79. The highest BCUT2D eigenvalue weighted by molar-refractivity contribution is 5.84. The van der Waals surface area contributed by atoms with Crippen molar-refractivity contribution in [2.45, 2.75) is 32.2 Å². The first kappa shape index (κ1) is 12.9. The number of rotatable bonds is 6. The third-order valence-corrected chi connectivity index (χ3v) is 1.79. The molecule has 5 heteroatoms. The summed E-state index contributed by atoms with van der Waals surface area (Å²) in [6.45, 7) is 1.95. The molecule has 0 saturated carbocycles. The Kier molecular flexibility index (Phi) is 6.74. The van der Waals surface area contributed by atoms with Crippen LogP contribution in [-0.2, 0) is 9.59 Å². The Balaban J connectivity index is 3.42. The summed E-state index contributed by atoms with van der Waals surface area (Å²) >= 11 is 0. The lowest BCUT2D eigenvalue weighted by atomic mass is 10.1. The normalized spacial score (nSPS) is 11.9. The summed E-state index contributed by atoms with van der Waals surface area (Å²) in [6, 6.07) is 0.127. The van der Waals surface area contributed by atoms with Gasteiger partial charge in [-0.15, -0.1) is 0 Å². The Labute approximate surface area is 84.4 Å². The van der Waals surface area contributed by atoms with E-state index in [-0.39, 0.29) is 24.4 Å². The van der Waals surface area contributed by atoms with Gasteiger partial charge in [0, 0.05) is 19.5 Å². The van der Waals surface area contributed by atoms with E-state index < -0.39 is 0 Å². The molecule has 0 aliphatic rings. The lowest BCUT2D eigenvalue weighted by Gasteiger charge is -2.05. The molecule has 2 amide bonds. The zero-order chi connectivity index (χ0) is 11.0. The molecule has 14 heavy (non-hydrogen) atoms. The molecule has 0 saturated heterocycles. The summed E-state index contributed by atoms with van der Waals surface area (Å²) in [7, 11) is 1.53. The number of amides is 2. The van der Waals surface area contributed by atoms with E-state index in [0.717, 1.165) is 12.8 Å². The van der Waals surface area contributed by atoms with Crippen LogP contribution in [0.3, 0.4) is 0 Å². The van der Waals surface area contributed by atoms with Gasteiger partial charge in [0.2, 0.25) is 11.8 Å². The van der Waals surface area contributed by atoms with Crippen molar-refractivity contribution < 1.29 is 9.59 Å². The van der Waals surface area contributed by atoms with E-state index >= 15 is 0 Å². The van der Waals surface area contributed by atoms with Crippen LogP contribution in [0.1, 0.15) is 26.2 Å². The molecule has 1 unspecified atom stereocenters. The van der Waals surface area contributed by atoms with E-state index in [1.54, 1.807) is 0 Å². The van der Waals surface area contributed by atoms with Crippen molar-refractivity contribution in [3.8, 4) is 0 Å². The standard InChI is InChI=1S/C9H19N3O2/c1-7(10)4-3-5-8(13)12-6-9(14)11-2/h7H,3-6,10H2,1-2H3,(H,11,14)(H,12,13). The van der Waals surface area contributed by atoms with E-state index in [1.165, 1.54) is 7.05 Å². The molecule has 4 N–H and O–H groups in total. The Morgan fingerprint density at radius 1 is 1.36 bits per heavy atom. The van der Waals surface area contributed by atoms with Gasteiger partial charge >= 0.3 is 0 Å². The lowest BCUT2D eigenvalue weighted by Crippen LogP contribution is -2.35. The molecular weight excluding hydrogens is 182 g/mol. The van der Waals surface area contributed by atoms with Gasteiger partial charge in [-0.1, -0.05) is 0 Å². The average Bonchev–Trinajstić information content (AvgIpc) is 2.13. The molecule has 0 bridgehead atoms. The molecule has 0 aliphatic carbocycles. The van der Waals surface area contributed by atoms with Crippen LogP contribution in [0.4, 0.5) is 0 Å². The quantitative estimate of drug-likeness (QED) is 0.535. The second kappa shape index (κ2) is 7.32. The molecule has 0 heterocycles. The van der Waals surface area contributed by atoms with Gasteiger partial charge in [0.05, 0.1) is 6.54 Å². The van der Waals surface area contributed by atoms with Crippen LogP contribution in [0.15, 0.2) is 0 Å². The van der Waals surface area contributed by atoms with Gasteiger partial charge in [0.25, 0.3) is 0 Å². The van der Waals surface area contributed by atoms with Crippen molar-refractivity contribution in [1.29, 1.82) is 0 Å². The molecule has 0 aromatic carbocycles. The smallest absolute Gasteiger partial charge is 0.239 e. The average molecular weight is 201 g/mol. The zero-order valence-electron chi connectivity index (χ0n) is 8.80. The van der Waals surface area contributed by atoms with Crippen molar-refractivity contribution in [1.82, 2.24) is 10.6 Å². The van der Waals surface area contributed by atoms with Gasteiger partial charge in [-0.2, -0.15) is 0 Å². The molecule has 0 spiro atoms. The number of likely N-dealkylation sites (N-methyl/N-ethyl adjacent to an activating group) is 1. The van der Waals surface area contributed by atoms with E-state index in [2.05, 4.69) is 10.6 Å². The van der Waals surface area contributed by atoms with E-state index in [4.69, 9.17) is 5.73 Å². The van der Waals surface area contributed by atoms with Gasteiger partial charge in [0.1, 0.15) is 0 Å². The summed E-state index contributed by atoms with van der Waals surface area (Å²) < 4.78 is 0. The van der Waals surface area contributed by atoms with Crippen molar-refractivity contribution in [3.63, 3.8) is 0 Å². The topological polar surface area (TPSA) is 84.2 Å². The highest BCUT2D eigenvalue weighted by Gasteiger charge is 2.04. The van der Waals surface area contributed by atoms with Crippen LogP contribution in [0, 0.1) is 0 Å². The maximum absolute atomic E-state index is 11.1. The number of carbonyl (C=O) groups is 2. The molecule has 0 aromatic rings. The molecule has 0 fully saturated rings. The minimum Gasteiger partial charge on any atom is -0.358 e. The fraction of sp³-hybridized carbons (Fsp3) is 0.778. The van der Waals surface area contributed by atoms with Crippen molar-refractivity contribution in [2.24, 2.45) is 5.73 Å². The van der Waals surface area contributed by atoms with Gasteiger partial charge in [-0.05, 0) is 19.8 Å². The minimum absolute atomic E-state index is 0.0491. The van der Waals surface area contributed by atoms with E-state index in [9.17, 15) is 9.59 Å². The Morgan fingerprint density at radius 2 is 2.00 bits per heavy atom. The van der Waals surface area contributed by atoms with Crippen LogP contribution in [0.5, 0.6) is 0 Å². The van der Waals surface area contributed by atoms with E-state index in [1.807, 2.05) is 6.92 Å². The highest BCUT2D eigenvalue weighted by Crippen LogP contribution is 1.97. The Hall–Kier alpha value is -1.10. The number of carbonyl (C=O) groups excluding carboxylic acids is 2. The number of nitrogens with one attached hydrogen (secondary N) is 2. The summed E-state index contributed by atoms with van der Waals surface area (Å²) in [5.41, 5.74) is 5.53. The summed E-state index contributed by atoms with van der Waals surface area (Å²) in [5, 5.41) is 4.94. The number of hydrogen-bond donors (Lipinski definition) is 3. The zero-order valence-corrected chi connectivity index (χ0v) is 8.80. The summed E-state index contributed by atoms with van der Waals surface area (Å²) in [5.74, 6) is -0.292. The van der Waals surface area contributed by atoms with Crippen LogP contribution in [0.25, 0.3) is 0 Å². The van der Waals surface area contributed by atoms with Gasteiger partial charge in [-0.25, -0.2) is 0 Å². The molecular formula is C9H19N3O2. The van der Waals surface area contributed by atoms with Crippen molar-refractivity contribution in [3.05, 3.63) is 0 Å². The largest absolute Gasteiger partial charge is 0.358 e. The SMILES string of the molecule is CNC(=O)CNC(=O)CCCC(C)N. The molecule has 82 valence electrons. The van der Waals surface area contributed by atoms with Crippen LogP contribution in [0.2, 0.25) is 0 Å². The first-order chi connectivity index (χ1) is 6.56. The van der Waals surface area contributed by atoms with Crippen LogP contribution < -0.4 is 16.4 Å². The van der Waals surface area contributed by atoms with Gasteiger partial charge in [0.15, 0.2) is 0 Å². The predicted molar refractivity (Wildman–Crippen MR) is 54.6 cm³/mol. The fourth-order valence-corrected chi connectivity index (χ4v) is 0.940. The molecule has 5 nitrogen and oxygen atoms in total. The summed E-state index contributed by atoms with van der Waals surface area (Å²) in [4.78, 5) is 21.9. The highest BCUT2D eigenvalue weighted by atomic mass is 16.2. The Morgan fingerprint density at radius 3 is 2.50 bits per heavy atom. The summed E-state index contributed by atoms with van der Waals surface area (Å²) in [6.07, 6.45) is 2.02. The number of hydrogen-bond acceptors (Lipinski definition) is 3. The fourth-order valence-electron chi connectivity index (χ4n) is 0.940. The lowest BCUT2D eigenvalue weighted by molar-refractivity contribution is -0.125. The first-order valence-electron chi connectivity index (χ1n) is 4.79. The maximum Gasteiger partial charge on any atom is 0.239 e. The molecule has 0 radical (unpaired) electrons. The molecule has 0 rings (SSSR count).